The minimum atomic E-state index is -0.484. The summed E-state index contributed by atoms with van der Waals surface area (Å²) >= 11 is 5.93. The van der Waals surface area contributed by atoms with Crippen LogP contribution in [0.2, 0.25) is 0 Å². The fourth-order valence-corrected chi connectivity index (χ4v) is 2.37. The molecule has 0 saturated carbocycles. The number of hydrogen-bond donors (Lipinski definition) is 1. The maximum absolute atomic E-state index is 11.4. The number of nitro groups is 1. The standard InChI is InChI=1S/C10H6N2O3S2/c13-9-8(17-10(16)11-9)5-6-3-1-2-4-7(6)12(14)15/h1-5H,(H,11,13,16)/b8-5+. The van der Waals surface area contributed by atoms with Crippen molar-refractivity contribution in [3.8, 4) is 0 Å². The highest BCUT2D eigenvalue weighted by Gasteiger charge is 2.23. The Bertz CT molecular complexity index is 554. The van der Waals surface area contributed by atoms with E-state index in [4.69, 9.17) is 12.2 Å². The maximum atomic E-state index is 11.4. The highest BCUT2D eigenvalue weighted by Crippen LogP contribution is 2.28. The number of amides is 1. The van der Waals surface area contributed by atoms with E-state index >= 15 is 0 Å². The molecule has 1 aromatic carbocycles. The first-order chi connectivity index (χ1) is 8.08. The van der Waals surface area contributed by atoms with Crippen LogP contribution < -0.4 is 5.32 Å². The van der Waals surface area contributed by atoms with Gasteiger partial charge in [-0.3, -0.25) is 14.9 Å². The van der Waals surface area contributed by atoms with Crippen LogP contribution in [0.1, 0.15) is 5.56 Å². The van der Waals surface area contributed by atoms with E-state index in [9.17, 15) is 14.9 Å². The Kier molecular flexibility index (Phi) is 3.21. The van der Waals surface area contributed by atoms with E-state index in [1.807, 2.05) is 0 Å². The average molecular weight is 266 g/mol. The molecule has 1 aliphatic rings. The van der Waals surface area contributed by atoms with E-state index < -0.39 is 4.92 Å². The fourth-order valence-electron chi connectivity index (χ4n) is 1.34. The SMILES string of the molecule is O=C1NC(=S)S/C1=C/c1ccccc1[N+](=O)[O-]. The minimum absolute atomic E-state index is 0.0359. The third kappa shape index (κ3) is 2.51. The van der Waals surface area contributed by atoms with Crippen LogP contribution in [0, 0.1) is 10.1 Å². The number of nitro benzene ring substituents is 1. The lowest BCUT2D eigenvalue weighted by molar-refractivity contribution is -0.385. The summed E-state index contributed by atoms with van der Waals surface area (Å²) in [6.07, 6.45) is 1.47. The molecule has 2 rings (SSSR count). The van der Waals surface area contributed by atoms with E-state index in [0.717, 1.165) is 11.8 Å². The Morgan fingerprint density at radius 1 is 1.41 bits per heavy atom. The number of thioether (sulfide) groups is 1. The molecule has 0 spiro atoms. The second-order valence-electron chi connectivity index (χ2n) is 3.17. The van der Waals surface area contributed by atoms with Gasteiger partial charge in [0.15, 0.2) is 0 Å². The normalized spacial score (nSPS) is 17.3. The molecule has 1 aromatic rings. The minimum Gasteiger partial charge on any atom is -0.307 e. The highest BCUT2D eigenvalue weighted by atomic mass is 32.2. The topological polar surface area (TPSA) is 72.2 Å². The van der Waals surface area contributed by atoms with Gasteiger partial charge in [0, 0.05) is 6.07 Å². The van der Waals surface area contributed by atoms with Gasteiger partial charge in [-0.25, -0.2) is 0 Å². The number of para-hydroxylation sites is 1. The zero-order valence-corrected chi connectivity index (χ0v) is 10.0. The lowest BCUT2D eigenvalue weighted by Gasteiger charge is -1.97. The van der Waals surface area contributed by atoms with Crippen LogP contribution in [0.25, 0.3) is 6.08 Å². The van der Waals surface area contributed by atoms with Crippen molar-refractivity contribution in [3.63, 3.8) is 0 Å². The van der Waals surface area contributed by atoms with Gasteiger partial charge in [-0.15, -0.1) is 0 Å². The molecule has 1 heterocycles. The van der Waals surface area contributed by atoms with Gasteiger partial charge in [-0.2, -0.15) is 0 Å². The van der Waals surface area contributed by atoms with Crippen molar-refractivity contribution in [3.05, 3.63) is 44.8 Å². The van der Waals surface area contributed by atoms with E-state index in [2.05, 4.69) is 5.32 Å². The number of nitrogens with one attached hydrogen (secondary N) is 1. The van der Waals surface area contributed by atoms with Gasteiger partial charge in [0.1, 0.15) is 4.32 Å². The van der Waals surface area contributed by atoms with E-state index in [1.54, 1.807) is 18.2 Å². The van der Waals surface area contributed by atoms with Gasteiger partial charge < -0.3 is 5.32 Å². The van der Waals surface area contributed by atoms with Gasteiger partial charge in [-0.05, 0) is 12.1 Å². The Morgan fingerprint density at radius 3 is 2.71 bits per heavy atom. The number of carbonyl (C=O) groups is 1. The predicted octanol–water partition coefficient (Wildman–Crippen LogP) is 2.08. The van der Waals surface area contributed by atoms with Crippen molar-refractivity contribution in [2.45, 2.75) is 0 Å². The maximum Gasteiger partial charge on any atom is 0.276 e. The van der Waals surface area contributed by atoms with Gasteiger partial charge >= 0.3 is 0 Å². The summed E-state index contributed by atoms with van der Waals surface area (Å²) < 4.78 is 0.361. The number of carbonyl (C=O) groups excluding carboxylic acids is 1. The number of nitrogens with zero attached hydrogens (tertiary/aromatic N) is 1. The monoisotopic (exact) mass is 266 g/mol. The van der Waals surface area contributed by atoms with Gasteiger partial charge in [0.25, 0.3) is 11.6 Å². The molecule has 0 aromatic heterocycles. The molecule has 17 heavy (non-hydrogen) atoms. The van der Waals surface area contributed by atoms with Crippen molar-refractivity contribution >= 4 is 46.0 Å². The second-order valence-corrected chi connectivity index (χ2v) is 4.89. The molecule has 1 saturated heterocycles. The molecule has 0 radical (unpaired) electrons. The average Bonchev–Trinajstić information content (AvgIpc) is 2.58. The Morgan fingerprint density at radius 2 is 2.12 bits per heavy atom. The lowest BCUT2D eigenvalue weighted by Crippen LogP contribution is -2.17. The zero-order chi connectivity index (χ0) is 12.4. The molecule has 1 amide bonds. The summed E-state index contributed by atoms with van der Waals surface area (Å²) in [5.41, 5.74) is 0.353. The van der Waals surface area contributed by atoms with E-state index in [-0.39, 0.29) is 11.6 Å². The Balaban J connectivity index is 2.42. The van der Waals surface area contributed by atoms with Crippen LogP contribution in [0.4, 0.5) is 5.69 Å². The van der Waals surface area contributed by atoms with Gasteiger partial charge in [0.2, 0.25) is 0 Å². The molecular weight excluding hydrogens is 260 g/mol. The first kappa shape index (κ1) is 11.7. The molecule has 0 unspecified atom stereocenters. The third-order valence-electron chi connectivity index (χ3n) is 2.06. The Hall–Kier alpha value is -1.73. The molecular formula is C10H6N2O3S2. The summed E-state index contributed by atoms with van der Waals surface area (Å²) in [7, 11) is 0. The molecule has 7 heteroatoms. The summed E-state index contributed by atoms with van der Waals surface area (Å²) in [6.45, 7) is 0. The Labute approximate surface area is 106 Å². The van der Waals surface area contributed by atoms with Gasteiger partial charge in [-0.1, -0.05) is 36.1 Å². The molecule has 0 aliphatic carbocycles. The van der Waals surface area contributed by atoms with Crippen molar-refractivity contribution in [1.82, 2.24) is 5.32 Å². The summed E-state index contributed by atoms with van der Waals surface area (Å²) in [5.74, 6) is -0.321. The largest absolute Gasteiger partial charge is 0.307 e. The molecule has 0 atom stereocenters. The fraction of sp³-hybridized carbons (Fsp3) is 0. The van der Waals surface area contributed by atoms with Crippen LogP contribution in [-0.4, -0.2) is 15.2 Å². The second kappa shape index (κ2) is 4.64. The van der Waals surface area contributed by atoms with Crippen LogP contribution in [0.5, 0.6) is 0 Å². The number of thiocarbonyl (C=S) groups is 1. The first-order valence-electron chi connectivity index (χ1n) is 4.56. The molecule has 1 fully saturated rings. The molecule has 5 nitrogen and oxygen atoms in total. The van der Waals surface area contributed by atoms with Crippen LogP contribution in [0.15, 0.2) is 29.2 Å². The number of benzene rings is 1. The zero-order valence-electron chi connectivity index (χ0n) is 8.38. The molecule has 86 valence electrons. The summed E-state index contributed by atoms with van der Waals surface area (Å²) in [6, 6.07) is 6.23. The van der Waals surface area contributed by atoms with E-state index in [1.165, 1.54) is 12.1 Å². The van der Waals surface area contributed by atoms with Gasteiger partial charge in [0.05, 0.1) is 15.4 Å². The van der Waals surface area contributed by atoms with Crippen molar-refractivity contribution in [2.24, 2.45) is 0 Å². The predicted molar refractivity (Wildman–Crippen MR) is 69.4 cm³/mol. The summed E-state index contributed by atoms with van der Waals surface area (Å²) in [4.78, 5) is 22.1. The lowest BCUT2D eigenvalue weighted by atomic mass is 10.1. The molecule has 1 N–H and O–H groups in total. The van der Waals surface area contributed by atoms with Crippen molar-refractivity contribution < 1.29 is 9.72 Å². The molecule has 1 aliphatic heterocycles. The number of rotatable bonds is 2. The van der Waals surface area contributed by atoms with Crippen molar-refractivity contribution in [2.75, 3.05) is 0 Å². The summed E-state index contributed by atoms with van der Waals surface area (Å²) in [5, 5.41) is 13.2. The van der Waals surface area contributed by atoms with Crippen molar-refractivity contribution in [1.29, 1.82) is 0 Å². The smallest absolute Gasteiger partial charge is 0.276 e. The number of hydrogen-bond acceptors (Lipinski definition) is 5. The third-order valence-corrected chi connectivity index (χ3v) is 3.22. The van der Waals surface area contributed by atoms with Crippen LogP contribution >= 0.6 is 24.0 Å². The van der Waals surface area contributed by atoms with Crippen LogP contribution in [-0.2, 0) is 4.79 Å². The van der Waals surface area contributed by atoms with Crippen LogP contribution in [0.3, 0.4) is 0 Å². The molecule has 0 bridgehead atoms. The highest BCUT2D eigenvalue weighted by molar-refractivity contribution is 8.26. The first-order valence-corrected chi connectivity index (χ1v) is 5.78. The van der Waals surface area contributed by atoms with E-state index in [0.29, 0.717) is 14.8 Å². The quantitative estimate of drug-likeness (QED) is 0.384.